The number of nitrogens with one attached hydrogen (secondary N) is 1. The maximum absolute atomic E-state index is 11.7. The summed E-state index contributed by atoms with van der Waals surface area (Å²) in [6, 6.07) is 8.85. The number of aliphatic carboxylic acids is 1. The molecule has 0 saturated carbocycles. The molecule has 0 fully saturated rings. The van der Waals surface area contributed by atoms with Crippen molar-refractivity contribution in [3.05, 3.63) is 60.0 Å². The molecule has 2 N–H and O–H groups in total. The highest BCUT2D eigenvalue weighted by Crippen LogP contribution is 2.29. The Morgan fingerprint density at radius 2 is 2.21 bits per heavy atom. The van der Waals surface area contributed by atoms with Gasteiger partial charge in [0.05, 0.1) is 17.7 Å². The summed E-state index contributed by atoms with van der Waals surface area (Å²) in [6.45, 7) is 1.03. The zero-order chi connectivity index (χ0) is 16.5. The number of fused-ring (bicyclic) bond motifs is 1. The molecule has 122 valence electrons. The largest absolute Gasteiger partial charge is 0.480 e. The van der Waals surface area contributed by atoms with Crippen LogP contribution in [0.2, 0.25) is 0 Å². The van der Waals surface area contributed by atoms with Crippen LogP contribution in [0.5, 0.6) is 0 Å². The van der Waals surface area contributed by atoms with Crippen molar-refractivity contribution >= 4 is 5.97 Å². The molecule has 4 rings (SSSR count). The van der Waals surface area contributed by atoms with Crippen molar-refractivity contribution in [2.75, 3.05) is 6.54 Å². The normalized spacial score (nSPS) is 17.6. The molecule has 0 unspecified atom stereocenters. The second-order valence-electron chi connectivity index (χ2n) is 5.74. The molecule has 0 amide bonds. The van der Waals surface area contributed by atoms with Gasteiger partial charge >= 0.3 is 5.97 Å². The van der Waals surface area contributed by atoms with E-state index >= 15 is 0 Å². The summed E-state index contributed by atoms with van der Waals surface area (Å²) < 4.78 is 5.54. The quantitative estimate of drug-likeness (QED) is 0.764. The molecule has 0 radical (unpaired) electrons. The van der Waals surface area contributed by atoms with Gasteiger partial charge in [-0.15, -0.1) is 0 Å². The van der Waals surface area contributed by atoms with Crippen LogP contribution < -0.4 is 0 Å². The maximum atomic E-state index is 11.7. The fourth-order valence-electron chi connectivity index (χ4n) is 3.07. The van der Waals surface area contributed by atoms with Gasteiger partial charge in [-0.3, -0.25) is 9.69 Å². The summed E-state index contributed by atoms with van der Waals surface area (Å²) in [5.41, 5.74) is 3.08. The van der Waals surface area contributed by atoms with Crippen LogP contribution in [0, 0.1) is 0 Å². The molecule has 1 atom stereocenters. The first-order chi connectivity index (χ1) is 11.7. The smallest absolute Gasteiger partial charge is 0.327 e. The SMILES string of the molecule is O=C(O)[C@@H]1c2nc[nH]c2CCN1Cc1coc(-c2ccccc2)n1. The average Bonchev–Trinajstić information content (AvgIpc) is 3.24. The molecule has 0 bridgehead atoms. The zero-order valence-electron chi connectivity index (χ0n) is 12.8. The molecule has 0 spiro atoms. The summed E-state index contributed by atoms with van der Waals surface area (Å²) in [5.74, 6) is -0.371. The van der Waals surface area contributed by atoms with E-state index in [1.54, 1.807) is 12.6 Å². The number of carboxylic acids is 1. The van der Waals surface area contributed by atoms with E-state index < -0.39 is 12.0 Å². The van der Waals surface area contributed by atoms with E-state index in [2.05, 4.69) is 15.0 Å². The number of aromatic nitrogens is 3. The molecule has 1 aromatic carbocycles. The molecule has 7 heteroatoms. The fraction of sp³-hybridized carbons (Fsp3) is 0.235. The van der Waals surface area contributed by atoms with E-state index in [9.17, 15) is 9.90 Å². The Balaban J connectivity index is 1.57. The van der Waals surface area contributed by atoms with E-state index in [-0.39, 0.29) is 0 Å². The molecule has 1 aliphatic heterocycles. The minimum absolute atomic E-state index is 0.402. The highest BCUT2D eigenvalue weighted by atomic mass is 16.4. The Hall–Kier alpha value is -2.93. The van der Waals surface area contributed by atoms with Gasteiger partial charge in [0.1, 0.15) is 6.26 Å². The lowest BCUT2D eigenvalue weighted by atomic mass is 10.0. The van der Waals surface area contributed by atoms with Gasteiger partial charge in [-0.1, -0.05) is 18.2 Å². The Kier molecular flexibility index (Phi) is 3.62. The number of oxazole rings is 1. The molecule has 7 nitrogen and oxygen atoms in total. The lowest BCUT2D eigenvalue weighted by Crippen LogP contribution is -2.39. The highest BCUT2D eigenvalue weighted by molar-refractivity contribution is 5.75. The van der Waals surface area contributed by atoms with Crippen LogP contribution in [-0.2, 0) is 17.8 Å². The Morgan fingerprint density at radius 1 is 1.38 bits per heavy atom. The first kappa shape index (κ1) is 14.6. The van der Waals surface area contributed by atoms with Crippen molar-refractivity contribution in [3.63, 3.8) is 0 Å². The van der Waals surface area contributed by atoms with Crippen LogP contribution in [0.1, 0.15) is 23.1 Å². The summed E-state index contributed by atoms with van der Waals surface area (Å²) in [7, 11) is 0. The van der Waals surface area contributed by atoms with Crippen molar-refractivity contribution in [1.29, 1.82) is 0 Å². The number of aromatic amines is 1. The molecular weight excluding hydrogens is 308 g/mol. The third-order valence-corrected chi connectivity index (χ3v) is 4.20. The van der Waals surface area contributed by atoms with Gasteiger partial charge in [0, 0.05) is 30.8 Å². The Bertz CT molecular complexity index is 856. The maximum Gasteiger partial charge on any atom is 0.327 e. The Morgan fingerprint density at radius 3 is 3.00 bits per heavy atom. The monoisotopic (exact) mass is 324 g/mol. The predicted molar refractivity (Wildman–Crippen MR) is 85.0 cm³/mol. The van der Waals surface area contributed by atoms with Crippen LogP contribution >= 0.6 is 0 Å². The van der Waals surface area contributed by atoms with Crippen LogP contribution in [0.4, 0.5) is 0 Å². The van der Waals surface area contributed by atoms with E-state index in [0.29, 0.717) is 30.4 Å². The van der Waals surface area contributed by atoms with Crippen molar-refractivity contribution in [1.82, 2.24) is 19.9 Å². The number of rotatable bonds is 4. The first-order valence-corrected chi connectivity index (χ1v) is 7.71. The van der Waals surface area contributed by atoms with Gasteiger partial charge in [0.25, 0.3) is 0 Å². The van der Waals surface area contributed by atoms with Crippen LogP contribution in [0.15, 0.2) is 47.3 Å². The fourth-order valence-corrected chi connectivity index (χ4v) is 3.07. The van der Waals surface area contributed by atoms with Crippen LogP contribution in [-0.4, -0.2) is 37.5 Å². The molecule has 1 aliphatic rings. The van der Waals surface area contributed by atoms with Gasteiger partial charge < -0.3 is 14.5 Å². The number of hydrogen-bond acceptors (Lipinski definition) is 5. The van der Waals surface area contributed by atoms with Gasteiger partial charge in [0.15, 0.2) is 6.04 Å². The van der Waals surface area contributed by atoms with Crippen molar-refractivity contribution in [2.45, 2.75) is 19.0 Å². The van der Waals surface area contributed by atoms with Crippen molar-refractivity contribution in [2.24, 2.45) is 0 Å². The second kappa shape index (κ2) is 5.93. The highest BCUT2D eigenvalue weighted by Gasteiger charge is 2.35. The molecule has 0 aliphatic carbocycles. The predicted octanol–water partition coefficient (Wildman–Crippen LogP) is 2.25. The molecule has 0 saturated heterocycles. The number of carbonyl (C=O) groups is 1. The minimum Gasteiger partial charge on any atom is -0.480 e. The van der Waals surface area contributed by atoms with Gasteiger partial charge in [-0.2, -0.15) is 0 Å². The third-order valence-electron chi connectivity index (χ3n) is 4.20. The summed E-state index contributed by atoms with van der Waals surface area (Å²) >= 11 is 0. The second-order valence-corrected chi connectivity index (χ2v) is 5.74. The van der Waals surface area contributed by atoms with Crippen molar-refractivity contribution < 1.29 is 14.3 Å². The van der Waals surface area contributed by atoms with Gasteiger partial charge in [-0.05, 0) is 12.1 Å². The zero-order valence-corrected chi connectivity index (χ0v) is 12.8. The number of imidazole rings is 1. The van der Waals surface area contributed by atoms with E-state index in [1.807, 2.05) is 35.2 Å². The topological polar surface area (TPSA) is 95.2 Å². The lowest BCUT2D eigenvalue weighted by Gasteiger charge is -2.31. The number of benzene rings is 1. The van der Waals surface area contributed by atoms with Gasteiger partial charge in [-0.25, -0.2) is 9.97 Å². The van der Waals surface area contributed by atoms with Crippen LogP contribution in [0.25, 0.3) is 11.5 Å². The number of carboxylic acid groups (broad SMARTS) is 1. The molecule has 2 aromatic heterocycles. The van der Waals surface area contributed by atoms with Crippen molar-refractivity contribution in [3.8, 4) is 11.5 Å². The Labute approximate surface area is 138 Å². The summed E-state index contributed by atoms with van der Waals surface area (Å²) in [5, 5.41) is 9.60. The van der Waals surface area contributed by atoms with E-state index in [4.69, 9.17) is 4.42 Å². The van der Waals surface area contributed by atoms with Crippen LogP contribution in [0.3, 0.4) is 0 Å². The first-order valence-electron chi connectivity index (χ1n) is 7.71. The van der Waals surface area contributed by atoms with E-state index in [0.717, 1.165) is 17.7 Å². The summed E-state index contributed by atoms with van der Waals surface area (Å²) in [4.78, 5) is 25.2. The third kappa shape index (κ3) is 2.59. The number of nitrogens with zero attached hydrogens (tertiary/aromatic N) is 3. The standard InChI is InChI=1S/C17H16N4O3/c22-17(23)15-14-13(18-10-19-14)6-7-21(15)8-12-9-24-16(20-12)11-4-2-1-3-5-11/h1-5,9-10,15H,6-8H2,(H,18,19)(H,22,23)/t15-/m0/s1. The van der Waals surface area contributed by atoms with E-state index in [1.165, 1.54) is 0 Å². The number of hydrogen-bond donors (Lipinski definition) is 2. The summed E-state index contributed by atoms with van der Waals surface area (Å²) in [6.07, 6.45) is 3.87. The molecule has 3 aromatic rings. The lowest BCUT2D eigenvalue weighted by molar-refractivity contribution is -0.144. The van der Waals surface area contributed by atoms with Gasteiger partial charge in [0.2, 0.25) is 5.89 Å². The molecular formula is C17H16N4O3. The molecule has 24 heavy (non-hydrogen) atoms. The minimum atomic E-state index is -0.908. The molecule has 3 heterocycles. The number of H-pyrrole nitrogens is 1. The average molecular weight is 324 g/mol.